The first-order valence-electron chi connectivity index (χ1n) is 5.89. The largest absolute Gasteiger partial charge is 0.310 e. The summed E-state index contributed by atoms with van der Waals surface area (Å²) in [4.78, 5) is 5.82. The second-order valence-electron chi connectivity index (χ2n) is 4.34. The molecule has 0 amide bonds. The Balaban J connectivity index is 2.39. The van der Waals surface area contributed by atoms with Crippen molar-refractivity contribution in [1.82, 2.24) is 10.3 Å². The Labute approximate surface area is 107 Å². The van der Waals surface area contributed by atoms with Gasteiger partial charge in [0.25, 0.3) is 0 Å². The van der Waals surface area contributed by atoms with E-state index >= 15 is 0 Å². The highest BCUT2D eigenvalue weighted by Crippen LogP contribution is 2.24. The van der Waals surface area contributed by atoms with Crippen LogP contribution in [-0.2, 0) is 5.75 Å². The van der Waals surface area contributed by atoms with Gasteiger partial charge >= 0.3 is 0 Å². The molecular formula is C12H22N2S2. The Morgan fingerprint density at radius 2 is 2.19 bits per heavy atom. The zero-order valence-corrected chi connectivity index (χ0v) is 12.3. The van der Waals surface area contributed by atoms with Gasteiger partial charge < -0.3 is 5.32 Å². The summed E-state index contributed by atoms with van der Waals surface area (Å²) in [5, 5.41) is 4.67. The molecule has 0 aliphatic carbocycles. The van der Waals surface area contributed by atoms with Crippen molar-refractivity contribution in [3.05, 3.63) is 16.1 Å². The number of nitrogens with one attached hydrogen (secondary N) is 1. The minimum Gasteiger partial charge on any atom is -0.310 e. The third-order valence-electron chi connectivity index (χ3n) is 2.19. The summed E-state index contributed by atoms with van der Waals surface area (Å²) in [6, 6.07) is 0.436. The summed E-state index contributed by atoms with van der Waals surface area (Å²) >= 11 is 3.82. The van der Waals surface area contributed by atoms with Crippen LogP contribution < -0.4 is 5.32 Å². The van der Waals surface area contributed by atoms with Crippen LogP contribution in [0.4, 0.5) is 0 Å². The van der Waals surface area contributed by atoms with Crippen LogP contribution in [0.15, 0.2) is 6.20 Å². The van der Waals surface area contributed by atoms with Gasteiger partial charge in [-0.25, -0.2) is 4.98 Å². The predicted octanol–water partition coefficient (Wildman–Crippen LogP) is 3.70. The van der Waals surface area contributed by atoms with Gasteiger partial charge in [0.15, 0.2) is 0 Å². The standard InChI is InChI=1S/C12H22N2S2/c1-5-13-10(4)11-6-14-12(16-11)8-15-7-9(2)3/h6,9-10,13H,5,7-8H2,1-4H3. The van der Waals surface area contributed by atoms with Crippen molar-refractivity contribution in [1.29, 1.82) is 0 Å². The SMILES string of the molecule is CCNC(C)c1cnc(CSCC(C)C)s1. The summed E-state index contributed by atoms with van der Waals surface area (Å²) in [7, 11) is 0. The lowest BCUT2D eigenvalue weighted by atomic mass is 10.3. The first-order chi connectivity index (χ1) is 7.63. The number of thioether (sulfide) groups is 1. The van der Waals surface area contributed by atoms with Crippen LogP contribution in [0.3, 0.4) is 0 Å². The molecule has 0 bridgehead atoms. The summed E-state index contributed by atoms with van der Waals surface area (Å²) in [6.45, 7) is 9.86. The molecule has 1 rings (SSSR count). The second-order valence-corrected chi connectivity index (χ2v) is 6.52. The Kier molecular flexibility index (Phi) is 6.39. The van der Waals surface area contributed by atoms with Crippen molar-refractivity contribution < 1.29 is 0 Å². The molecule has 2 nitrogen and oxygen atoms in total. The van der Waals surface area contributed by atoms with Crippen molar-refractivity contribution >= 4 is 23.1 Å². The van der Waals surface area contributed by atoms with Gasteiger partial charge in [-0.15, -0.1) is 11.3 Å². The fourth-order valence-corrected chi connectivity index (χ4v) is 3.45. The van der Waals surface area contributed by atoms with Crippen LogP contribution >= 0.6 is 23.1 Å². The maximum atomic E-state index is 4.47. The van der Waals surface area contributed by atoms with Gasteiger partial charge in [0, 0.05) is 22.9 Å². The van der Waals surface area contributed by atoms with E-state index in [1.807, 2.05) is 29.3 Å². The van der Waals surface area contributed by atoms with E-state index < -0.39 is 0 Å². The third kappa shape index (κ3) is 4.85. The van der Waals surface area contributed by atoms with Crippen LogP contribution in [-0.4, -0.2) is 17.3 Å². The molecule has 1 N–H and O–H groups in total. The molecule has 0 saturated carbocycles. The van der Waals surface area contributed by atoms with E-state index in [4.69, 9.17) is 0 Å². The predicted molar refractivity (Wildman–Crippen MR) is 75.2 cm³/mol. The molecule has 1 aromatic heterocycles. The number of nitrogens with zero attached hydrogens (tertiary/aromatic N) is 1. The lowest BCUT2D eigenvalue weighted by Crippen LogP contribution is -2.16. The fraction of sp³-hybridized carbons (Fsp3) is 0.750. The van der Waals surface area contributed by atoms with E-state index in [9.17, 15) is 0 Å². The molecule has 1 aromatic rings. The van der Waals surface area contributed by atoms with Crippen molar-refractivity contribution in [2.75, 3.05) is 12.3 Å². The Bertz CT molecular complexity index is 297. The number of thiazole rings is 1. The molecule has 0 saturated heterocycles. The molecule has 0 aromatic carbocycles. The average molecular weight is 258 g/mol. The van der Waals surface area contributed by atoms with E-state index in [0.717, 1.165) is 18.2 Å². The first kappa shape index (κ1) is 14.0. The average Bonchev–Trinajstić information content (AvgIpc) is 2.66. The fourth-order valence-electron chi connectivity index (χ4n) is 1.38. The number of hydrogen-bond acceptors (Lipinski definition) is 4. The molecule has 0 radical (unpaired) electrons. The van der Waals surface area contributed by atoms with Crippen molar-refractivity contribution in [3.63, 3.8) is 0 Å². The number of rotatable bonds is 7. The van der Waals surface area contributed by atoms with Gasteiger partial charge in [-0.1, -0.05) is 20.8 Å². The smallest absolute Gasteiger partial charge is 0.103 e. The zero-order valence-electron chi connectivity index (χ0n) is 10.6. The van der Waals surface area contributed by atoms with Crippen molar-refractivity contribution in [2.24, 2.45) is 5.92 Å². The minimum atomic E-state index is 0.436. The molecule has 4 heteroatoms. The highest BCUT2D eigenvalue weighted by molar-refractivity contribution is 7.98. The van der Waals surface area contributed by atoms with Gasteiger partial charge in [0.2, 0.25) is 0 Å². The van der Waals surface area contributed by atoms with E-state index in [2.05, 4.69) is 38.0 Å². The maximum Gasteiger partial charge on any atom is 0.103 e. The first-order valence-corrected chi connectivity index (χ1v) is 7.86. The van der Waals surface area contributed by atoms with Crippen LogP contribution in [0.25, 0.3) is 0 Å². The molecule has 0 spiro atoms. The highest BCUT2D eigenvalue weighted by Gasteiger charge is 2.08. The summed E-state index contributed by atoms with van der Waals surface area (Å²) < 4.78 is 0. The second kappa shape index (κ2) is 7.30. The van der Waals surface area contributed by atoms with E-state index in [1.54, 1.807) is 0 Å². The molecule has 92 valence electrons. The minimum absolute atomic E-state index is 0.436. The van der Waals surface area contributed by atoms with Gasteiger partial charge in [0.05, 0.1) is 0 Å². The molecule has 0 aliphatic heterocycles. The van der Waals surface area contributed by atoms with Crippen LogP contribution in [0.5, 0.6) is 0 Å². The Hall–Kier alpha value is -0.0600. The lowest BCUT2D eigenvalue weighted by Gasteiger charge is -2.08. The van der Waals surface area contributed by atoms with Gasteiger partial charge in [-0.05, 0) is 25.1 Å². The van der Waals surface area contributed by atoms with Crippen LogP contribution in [0, 0.1) is 5.92 Å². The monoisotopic (exact) mass is 258 g/mol. The zero-order chi connectivity index (χ0) is 12.0. The van der Waals surface area contributed by atoms with Crippen molar-refractivity contribution in [3.8, 4) is 0 Å². The molecular weight excluding hydrogens is 236 g/mol. The molecule has 0 aliphatic rings. The maximum absolute atomic E-state index is 4.47. The van der Waals surface area contributed by atoms with E-state index in [-0.39, 0.29) is 0 Å². The summed E-state index contributed by atoms with van der Waals surface area (Å²) in [5.74, 6) is 3.05. The van der Waals surface area contributed by atoms with Crippen LogP contribution in [0.2, 0.25) is 0 Å². The summed E-state index contributed by atoms with van der Waals surface area (Å²) in [6.07, 6.45) is 2.02. The molecule has 1 unspecified atom stereocenters. The lowest BCUT2D eigenvalue weighted by molar-refractivity contribution is 0.606. The van der Waals surface area contributed by atoms with Crippen LogP contribution in [0.1, 0.15) is 43.6 Å². The van der Waals surface area contributed by atoms with E-state index in [1.165, 1.54) is 15.6 Å². The van der Waals surface area contributed by atoms with Gasteiger partial charge in [-0.3, -0.25) is 0 Å². The molecule has 16 heavy (non-hydrogen) atoms. The number of hydrogen-bond donors (Lipinski definition) is 1. The van der Waals surface area contributed by atoms with Gasteiger partial charge in [0.1, 0.15) is 5.01 Å². The Morgan fingerprint density at radius 3 is 2.81 bits per heavy atom. The summed E-state index contributed by atoms with van der Waals surface area (Å²) in [5.41, 5.74) is 0. The molecule has 0 fully saturated rings. The Morgan fingerprint density at radius 1 is 1.44 bits per heavy atom. The van der Waals surface area contributed by atoms with E-state index in [0.29, 0.717) is 6.04 Å². The van der Waals surface area contributed by atoms with Crippen molar-refractivity contribution in [2.45, 2.75) is 39.5 Å². The molecule has 1 atom stereocenters. The topological polar surface area (TPSA) is 24.9 Å². The quantitative estimate of drug-likeness (QED) is 0.807. The normalized spacial score (nSPS) is 13.3. The third-order valence-corrected chi connectivity index (χ3v) is 4.93. The number of aromatic nitrogens is 1. The van der Waals surface area contributed by atoms with Gasteiger partial charge in [-0.2, -0.15) is 11.8 Å². The highest BCUT2D eigenvalue weighted by atomic mass is 32.2. The molecule has 1 heterocycles.